The first-order chi connectivity index (χ1) is 15.7. The number of fused-ring (bicyclic) bond motifs is 1. The number of halogens is 1. The van der Waals surface area contributed by atoms with Gasteiger partial charge in [-0.25, -0.2) is 0 Å². The van der Waals surface area contributed by atoms with Crippen LogP contribution in [0.15, 0.2) is 53.5 Å². The lowest BCUT2D eigenvalue weighted by Crippen LogP contribution is -2.41. The third kappa shape index (κ3) is 6.19. The molecule has 1 saturated heterocycles. The van der Waals surface area contributed by atoms with E-state index >= 15 is 0 Å². The summed E-state index contributed by atoms with van der Waals surface area (Å²) in [6.45, 7) is 6.16. The predicted molar refractivity (Wildman–Crippen MR) is 145 cm³/mol. The fourth-order valence-corrected chi connectivity index (χ4v) is 4.66. The van der Waals surface area contributed by atoms with E-state index in [0.29, 0.717) is 24.9 Å². The van der Waals surface area contributed by atoms with Gasteiger partial charge in [-0.3, -0.25) is 9.79 Å². The molecule has 2 aromatic rings. The van der Waals surface area contributed by atoms with Crippen molar-refractivity contribution in [2.45, 2.75) is 38.5 Å². The molecule has 0 bridgehead atoms. The molecule has 2 aromatic carbocycles. The van der Waals surface area contributed by atoms with Crippen molar-refractivity contribution < 1.29 is 9.53 Å². The van der Waals surface area contributed by atoms with E-state index in [2.05, 4.69) is 52.5 Å². The number of guanidine groups is 1. The Kier molecular flexibility index (Phi) is 9.41. The Labute approximate surface area is 214 Å². The van der Waals surface area contributed by atoms with E-state index < -0.39 is 0 Å². The maximum Gasteiger partial charge on any atom is 0.222 e. The van der Waals surface area contributed by atoms with Crippen molar-refractivity contribution in [3.05, 3.63) is 59.7 Å². The zero-order valence-corrected chi connectivity index (χ0v) is 22.0. The second kappa shape index (κ2) is 12.3. The minimum atomic E-state index is 0. The Morgan fingerprint density at radius 2 is 1.97 bits per heavy atom. The number of para-hydroxylation sites is 2. The van der Waals surface area contributed by atoms with Crippen LogP contribution in [0.25, 0.3) is 0 Å². The second-order valence-corrected chi connectivity index (χ2v) is 8.58. The van der Waals surface area contributed by atoms with Crippen LogP contribution in [-0.4, -0.2) is 56.6 Å². The van der Waals surface area contributed by atoms with Crippen LogP contribution in [0, 0.1) is 6.92 Å². The number of rotatable bonds is 8. The smallest absolute Gasteiger partial charge is 0.222 e. The summed E-state index contributed by atoms with van der Waals surface area (Å²) in [7, 11) is 1.84. The molecule has 1 atom stereocenters. The van der Waals surface area contributed by atoms with Crippen LogP contribution >= 0.6 is 24.0 Å². The lowest BCUT2D eigenvalue weighted by molar-refractivity contribution is -0.127. The van der Waals surface area contributed by atoms with E-state index in [1.807, 2.05) is 30.1 Å². The molecule has 2 aliphatic rings. The van der Waals surface area contributed by atoms with Gasteiger partial charge in [0.15, 0.2) is 5.96 Å². The Bertz CT molecular complexity index is 965. The number of carbonyl (C=O) groups is 1. The Morgan fingerprint density at radius 3 is 2.73 bits per heavy atom. The van der Waals surface area contributed by atoms with Gasteiger partial charge in [-0.05, 0) is 49.4 Å². The molecule has 1 amide bonds. The third-order valence-electron chi connectivity index (χ3n) is 6.41. The Balaban J connectivity index is 0.00000306. The van der Waals surface area contributed by atoms with Crippen LogP contribution in [0.2, 0.25) is 0 Å². The van der Waals surface area contributed by atoms with Gasteiger partial charge >= 0.3 is 0 Å². The molecule has 1 fully saturated rings. The number of aryl methyl sites for hydroxylation is 1. The number of nitrogens with zero attached hydrogens (tertiary/aromatic N) is 3. The summed E-state index contributed by atoms with van der Waals surface area (Å²) in [4.78, 5) is 20.9. The standard InChI is InChI=1S/C26H34N4O2.HI/c1-20-9-3-6-12-24(20)32-18-8-15-28-26(27-2)30-19-21(22-10-4-5-11-23(22)30)14-17-29-16-7-13-25(29)31;/h3-6,9-12,21H,7-8,13-19H2,1-2H3,(H,27,28);1H. The van der Waals surface area contributed by atoms with Gasteiger partial charge in [-0.2, -0.15) is 0 Å². The summed E-state index contributed by atoms with van der Waals surface area (Å²) in [5.41, 5.74) is 3.73. The predicted octanol–water partition coefficient (Wildman–Crippen LogP) is 4.57. The van der Waals surface area contributed by atoms with Crippen LogP contribution in [0.5, 0.6) is 5.75 Å². The molecule has 1 N–H and O–H groups in total. The van der Waals surface area contributed by atoms with Crippen molar-refractivity contribution in [3.63, 3.8) is 0 Å². The van der Waals surface area contributed by atoms with E-state index in [1.54, 1.807) is 0 Å². The maximum absolute atomic E-state index is 12.0. The van der Waals surface area contributed by atoms with E-state index in [4.69, 9.17) is 4.74 Å². The number of nitrogens with one attached hydrogen (secondary N) is 1. The highest BCUT2D eigenvalue weighted by atomic mass is 127. The average Bonchev–Trinajstić information content (AvgIpc) is 3.39. The number of carbonyl (C=O) groups excluding carboxylic acids is 1. The highest BCUT2D eigenvalue weighted by molar-refractivity contribution is 14.0. The van der Waals surface area contributed by atoms with E-state index in [-0.39, 0.29) is 24.0 Å². The number of ether oxygens (including phenoxy) is 1. The second-order valence-electron chi connectivity index (χ2n) is 8.58. The number of amides is 1. The molecule has 1 unspecified atom stereocenters. The monoisotopic (exact) mass is 562 g/mol. The van der Waals surface area contributed by atoms with Crippen LogP contribution in [0.3, 0.4) is 0 Å². The van der Waals surface area contributed by atoms with E-state index in [1.165, 1.54) is 11.3 Å². The van der Waals surface area contributed by atoms with Crippen molar-refractivity contribution in [1.82, 2.24) is 10.2 Å². The zero-order valence-electron chi connectivity index (χ0n) is 19.6. The van der Waals surface area contributed by atoms with Gasteiger partial charge in [0.2, 0.25) is 5.91 Å². The SMILES string of the molecule is CN=C(NCCCOc1ccccc1C)N1CC(CCN2CCCC2=O)c2ccccc21.I. The van der Waals surface area contributed by atoms with Crippen molar-refractivity contribution in [1.29, 1.82) is 0 Å². The lowest BCUT2D eigenvalue weighted by Gasteiger charge is -2.23. The number of benzene rings is 2. The molecule has 178 valence electrons. The summed E-state index contributed by atoms with van der Waals surface area (Å²) in [5, 5.41) is 3.51. The van der Waals surface area contributed by atoms with Crippen LogP contribution in [0.4, 0.5) is 5.69 Å². The quantitative estimate of drug-likeness (QED) is 0.222. The van der Waals surface area contributed by atoms with Gasteiger partial charge in [0.1, 0.15) is 5.75 Å². The number of hydrogen-bond donors (Lipinski definition) is 1. The first-order valence-corrected chi connectivity index (χ1v) is 11.7. The number of aliphatic imine (C=N–C) groups is 1. The summed E-state index contributed by atoms with van der Waals surface area (Å²) in [6.07, 6.45) is 3.58. The van der Waals surface area contributed by atoms with Gasteiger partial charge in [0.05, 0.1) is 6.61 Å². The van der Waals surface area contributed by atoms with Crippen LogP contribution < -0.4 is 15.0 Å². The highest BCUT2D eigenvalue weighted by Gasteiger charge is 2.31. The highest BCUT2D eigenvalue weighted by Crippen LogP contribution is 2.38. The van der Waals surface area contributed by atoms with Gasteiger partial charge in [0, 0.05) is 51.3 Å². The summed E-state index contributed by atoms with van der Waals surface area (Å²) < 4.78 is 5.91. The largest absolute Gasteiger partial charge is 0.493 e. The topological polar surface area (TPSA) is 57.2 Å². The number of hydrogen-bond acceptors (Lipinski definition) is 3. The molecular weight excluding hydrogens is 527 g/mol. The van der Waals surface area contributed by atoms with Crippen molar-refractivity contribution in [3.8, 4) is 5.75 Å². The van der Waals surface area contributed by atoms with Crippen molar-refractivity contribution >= 4 is 41.5 Å². The van der Waals surface area contributed by atoms with Crippen LogP contribution in [-0.2, 0) is 4.79 Å². The first-order valence-electron chi connectivity index (χ1n) is 11.7. The molecular formula is C26H35IN4O2. The molecule has 33 heavy (non-hydrogen) atoms. The average molecular weight is 562 g/mol. The van der Waals surface area contributed by atoms with Gasteiger partial charge in [-0.1, -0.05) is 36.4 Å². The first kappa shape index (κ1) is 25.3. The normalized spacial score (nSPS) is 17.7. The number of anilines is 1. The van der Waals surface area contributed by atoms with Gasteiger partial charge in [0.25, 0.3) is 0 Å². The van der Waals surface area contributed by atoms with Gasteiger partial charge in [-0.15, -0.1) is 24.0 Å². The van der Waals surface area contributed by atoms with Gasteiger partial charge < -0.3 is 19.9 Å². The van der Waals surface area contributed by atoms with E-state index in [9.17, 15) is 4.79 Å². The molecule has 0 spiro atoms. The fraction of sp³-hybridized carbons (Fsp3) is 0.462. The molecule has 2 aliphatic heterocycles. The molecule has 6 nitrogen and oxygen atoms in total. The molecule has 7 heteroatoms. The summed E-state index contributed by atoms with van der Waals surface area (Å²) in [5.74, 6) is 2.55. The summed E-state index contributed by atoms with van der Waals surface area (Å²) >= 11 is 0. The molecule has 4 rings (SSSR count). The summed E-state index contributed by atoms with van der Waals surface area (Å²) in [6, 6.07) is 16.7. The minimum absolute atomic E-state index is 0. The minimum Gasteiger partial charge on any atom is -0.493 e. The molecule has 2 heterocycles. The Hall–Kier alpha value is -2.29. The molecule has 0 radical (unpaired) electrons. The maximum atomic E-state index is 12.0. The number of likely N-dealkylation sites (tertiary alicyclic amines) is 1. The third-order valence-corrected chi connectivity index (χ3v) is 6.41. The van der Waals surface area contributed by atoms with Crippen LogP contribution in [0.1, 0.15) is 42.7 Å². The lowest BCUT2D eigenvalue weighted by atomic mass is 9.98. The molecule has 0 aromatic heterocycles. The molecule has 0 aliphatic carbocycles. The Morgan fingerprint density at radius 1 is 1.18 bits per heavy atom. The van der Waals surface area contributed by atoms with E-state index in [0.717, 1.165) is 62.7 Å². The molecule has 0 saturated carbocycles. The fourth-order valence-electron chi connectivity index (χ4n) is 4.66. The van der Waals surface area contributed by atoms with Crippen molar-refractivity contribution in [2.24, 2.45) is 4.99 Å². The van der Waals surface area contributed by atoms with Crippen molar-refractivity contribution in [2.75, 3.05) is 44.7 Å². The zero-order chi connectivity index (χ0) is 22.3.